The number of hydrogen-bond donors (Lipinski definition) is 0. The molecule has 0 bridgehead atoms. The van der Waals surface area contributed by atoms with Crippen LogP contribution >= 0.6 is 0 Å². The Morgan fingerprint density at radius 3 is 1.38 bits per heavy atom. The van der Waals surface area contributed by atoms with E-state index >= 15 is 0 Å². The van der Waals surface area contributed by atoms with Gasteiger partial charge >= 0.3 is 11.9 Å². The van der Waals surface area contributed by atoms with Crippen molar-refractivity contribution < 1.29 is 19.1 Å². The minimum Gasteiger partial charge on any atom is -0.455 e. The van der Waals surface area contributed by atoms with Gasteiger partial charge < -0.3 is 9.47 Å². The van der Waals surface area contributed by atoms with Crippen molar-refractivity contribution >= 4 is 11.9 Å². The molecule has 4 heteroatoms. The summed E-state index contributed by atoms with van der Waals surface area (Å²) in [4.78, 5) is 22.9. The molecule has 0 aliphatic heterocycles. The van der Waals surface area contributed by atoms with E-state index < -0.39 is 17.2 Å². The van der Waals surface area contributed by atoms with Crippen molar-refractivity contribution in [3.63, 3.8) is 0 Å². The largest absolute Gasteiger partial charge is 0.455 e. The van der Waals surface area contributed by atoms with Crippen molar-refractivity contribution in [3.8, 4) is 0 Å². The Balaban J connectivity index is 0. The van der Waals surface area contributed by atoms with E-state index in [1.54, 1.807) is 6.92 Å². The van der Waals surface area contributed by atoms with Crippen molar-refractivity contribution in [3.05, 3.63) is 60.7 Å². The molecule has 0 atom stereocenters. The minimum atomic E-state index is -0.764. The van der Waals surface area contributed by atoms with E-state index in [1.807, 2.05) is 65.8 Å². The normalized spacial score (nSPS) is 10.3. The highest BCUT2D eigenvalue weighted by Crippen LogP contribution is 2.30. The van der Waals surface area contributed by atoms with Gasteiger partial charge in [0.1, 0.15) is 11.2 Å². The molecular formula is C22H34O4. The molecule has 0 heterocycles. The first-order valence-electron chi connectivity index (χ1n) is 8.65. The van der Waals surface area contributed by atoms with Crippen molar-refractivity contribution in [1.82, 2.24) is 0 Å². The maximum absolute atomic E-state index is 11.7. The third kappa shape index (κ3) is 8.15. The minimum absolute atomic E-state index is 0.329. The average Bonchev–Trinajstić information content (AvgIpc) is 2.57. The fourth-order valence-corrected chi connectivity index (χ4v) is 2.07. The van der Waals surface area contributed by atoms with Crippen LogP contribution in [0.15, 0.2) is 49.6 Å². The third-order valence-corrected chi connectivity index (χ3v) is 3.37. The van der Waals surface area contributed by atoms with Crippen LogP contribution in [0, 0.1) is 0 Å². The predicted molar refractivity (Wildman–Crippen MR) is 108 cm³/mol. The summed E-state index contributed by atoms with van der Waals surface area (Å²) in [7, 11) is 0. The van der Waals surface area contributed by atoms with Crippen LogP contribution in [0.4, 0.5) is 0 Å². The van der Waals surface area contributed by atoms with Gasteiger partial charge in [-0.25, -0.2) is 4.79 Å². The Hall–Kier alpha value is -2.36. The van der Waals surface area contributed by atoms with Gasteiger partial charge in [-0.1, -0.05) is 44.7 Å². The van der Waals surface area contributed by atoms with Crippen molar-refractivity contribution in [2.45, 2.75) is 66.6 Å². The molecule has 0 saturated carbocycles. The van der Waals surface area contributed by atoms with E-state index in [2.05, 4.69) is 19.7 Å². The average molecular weight is 363 g/mol. The molecule has 0 aliphatic rings. The van der Waals surface area contributed by atoms with Crippen molar-refractivity contribution in [2.75, 3.05) is 0 Å². The molecule has 0 spiro atoms. The summed E-state index contributed by atoms with van der Waals surface area (Å²) in [6.07, 6.45) is 0. The van der Waals surface area contributed by atoms with Crippen LogP contribution in [0.3, 0.4) is 0 Å². The van der Waals surface area contributed by atoms with E-state index in [1.165, 1.54) is 6.92 Å². The van der Waals surface area contributed by atoms with Gasteiger partial charge in [0, 0.05) is 12.5 Å². The first-order valence-corrected chi connectivity index (χ1v) is 8.65. The molecule has 0 saturated heterocycles. The van der Waals surface area contributed by atoms with E-state index in [9.17, 15) is 9.59 Å². The maximum atomic E-state index is 11.7. The first-order chi connectivity index (χ1) is 12.0. The van der Waals surface area contributed by atoms with Crippen molar-refractivity contribution in [1.29, 1.82) is 0 Å². The number of ether oxygens (including phenoxy) is 2. The van der Waals surface area contributed by atoms with Gasteiger partial charge in [-0.3, -0.25) is 4.79 Å². The second-order valence-corrected chi connectivity index (χ2v) is 6.36. The van der Waals surface area contributed by atoms with Gasteiger partial charge in [0.25, 0.3) is 0 Å². The molecule has 0 N–H and O–H groups in total. The number of carbonyl (C=O) groups is 2. The Morgan fingerprint density at radius 2 is 1.12 bits per heavy atom. The lowest BCUT2D eigenvalue weighted by molar-refractivity contribution is -0.155. The van der Waals surface area contributed by atoms with E-state index in [0.717, 1.165) is 11.1 Å². The SMILES string of the molecule is C=C.C=C(C)C(=O)OC(C)(C)c1ccc(C(C)(C)OC(C)=O)cc1.CC. The lowest BCUT2D eigenvalue weighted by Gasteiger charge is -2.28. The van der Waals surface area contributed by atoms with Gasteiger partial charge in [0.15, 0.2) is 0 Å². The van der Waals surface area contributed by atoms with Gasteiger partial charge in [-0.05, 0) is 45.7 Å². The summed E-state index contributed by atoms with van der Waals surface area (Å²) in [5, 5.41) is 0. The molecule has 0 aromatic heterocycles. The fraction of sp³-hybridized carbons (Fsp3) is 0.455. The molecule has 1 rings (SSSR count). The fourth-order valence-electron chi connectivity index (χ4n) is 2.07. The summed E-state index contributed by atoms with van der Waals surface area (Å²) in [6.45, 7) is 23.9. The summed E-state index contributed by atoms with van der Waals surface area (Å²) >= 11 is 0. The van der Waals surface area contributed by atoms with Crippen LogP contribution in [0.2, 0.25) is 0 Å². The molecule has 0 fully saturated rings. The number of rotatable bonds is 5. The van der Waals surface area contributed by atoms with Crippen LogP contribution in [0.25, 0.3) is 0 Å². The molecule has 0 aliphatic carbocycles. The highest BCUT2D eigenvalue weighted by atomic mass is 16.6. The number of hydrogen-bond acceptors (Lipinski definition) is 4. The maximum Gasteiger partial charge on any atom is 0.333 e. The molecule has 146 valence electrons. The molecule has 0 radical (unpaired) electrons. The third-order valence-electron chi connectivity index (χ3n) is 3.37. The van der Waals surface area contributed by atoms with Crippen LogP contribution in [0.1, 0.15) is 66.5 Å². The lowest BCUT2D eigenvalue weighted by Crippen LogP contribution is -2.27. The van der Waals surface area contributed by atoms with Gasteiger partial charge in [0.2, 0.25) is 0 Å². The predicted octanol–water partition coefficient (Wildman–Crippen LogP) is 5.67. The second kappa shape index (κ2) is 11.3. The van der Waals surface area contributed by atoms with Crippen LogP contribution in [-0.2, 0) is 30.3 Å². The standard InChI is InChI=1S/C18H24O4.C2H6.C2H4/c1-12(2)16(20)22-18(6,7)15-10-8-14(9-11-15)17(4,5)21-13(3)19;2*1-2/h8-11H,1H2,2-7H3;1-2H3;1-2H2. The smallest absolute Gasteiger partial charge is 0.333 e. The lowest BCUT2D eigenvalue weighted by atomic mass is 9.92. The summed E-state index contributed by atoms with van der Waals surface area (Å²) in [6, 6.07) is 7.47. The molecule has 0 amide bonds. The van der Waals surface area contributed by atoms with Crippen LogP contribution < -0.4 is 0 Å². The zero-order valence-corrected chi connectivity index (χ0v) is 17.6. The van der Waals surface area contributed by atoms with Gasteiger partial charge in [0.05, 0.1) is 0 Å². The Morgan fingerprint density at radius 1 is 0.808 bits per heavy atom. The quantitative estimate of drug-likeness (QED) is 0.385. The molecule has 0 unspecified atom stereocenters. The van der Waals surface area contributed by atoms with Crippen molar-refractivity contribution in [2.24, 2.45) is 0 Å². The van der Waals surface area contributed by atoms with Gasteiger partial charge in [-0.2, -0.15) is 0 Å². The Labute approximate surface area is 158 Å². The molecule has 26 heavy (non-hydrogen) atoms. The second-order valence-electron chi connectivity index (χ2n) is 6.36. The van der Waals surface area contributed by atoms with E-state index in [-0.39, 0.29) is 5.97 Å². The van der Waals surface area contributed by atoms with Crippen LogP contribution in [-0.4, -0.2) is 11.9 Å². The number of carbonyl (C=O) groups excluding carboxylic acids is 2. The molecule has 1 aromatic rings. The zero-order valence-electron chi connectivity index (χ0n) is 17.6. The van der Waals surface area contributed by atoms with Crippen LogP contribution in [0.5, 0.6) is 0 Å². The van der Waals surface area contributed by atoms with E-state index in [4.69, 9.17) is 9.47 Å². The molecule has 1 aromatic carbocycles. The Bertz CT molecular complexity index is 595. The highest BCUT2D eigenvalue weighted by Gasteiger charge is 2.28. The molecular weight excluding hydrogens is 328 g/mol. The topological polar surface area (TPSA) is 52.6 Å². The number of esters is 2. The summed E-state index contributed by atoms with van der Waals surface area (Å²) in [5.74, 6) is -0.751. The zero-order chi connectivity index (χ0) is 21.1. The van der Waals surface area contributed by atoms with E-state index in [0.29, 0.717) is 5.57 Å². The highest BCUT2D eigenvalue weighted by molar-refractivity contribution is 5.87. The van der Waals surface area contributed by atoms with Gasteiger partial charge in [-0.15, -0.1) is 13.2 Å². The number of benzene rings is 1. The summed E-state index contributed by atoms with van der Waals surface area (Å²) < 4.78 is 10.8. The first kappa shape index (κ1) is 25.9. The monoisotopic (exact) mass is 362 g/mol. The summed E-state index contributed by atoms with van der Waals surface area (Å²) in [5.41, 5.74) is 0.613. The Kier molecular flexibility index (Phi) is 11.2. The molecule has 4 nitrogen and oxygen atoms in total.